The molecular formula is C17H26FN2O3+. The molecule has 1 N–H and O–H groups in total. The first-order valence-electron chi connectivity index (χ1n) is 7.69. The Morgan fingerprint density at radius 2 is 1.91 bits per heavy atom. The minimum Gasteiger partial charge on any atom is -0.465 e. The fourth-order valence-corrected chi connectivity index (χ4v) is 2.60. The van der Waals surface area contributed by atoms with E-state index in [0.29, 0.717) is 22.2 Å². The Hall–Kier alpha value is -1.95. The molecule has 1 aromatic carbocycles. The van der Waals surface area contributed by atoms with Gasteiger partial charge in [0.1, 0.15) is 5.82 Å². The SMILES string of the molecule is CCC(C(=O)Nc1c(C)cc(F)cc1C(=O)OC)[N+](C)(C)CC. The van der Waals surface area contributed by atoms with E-state index in [0.717, 1.165) is 12.6 Å². The smallest absolute Gasteiger partial charge is 0.340 e. The van der Waals surface area contributed by atoms with Crippen LogP contribution in [-0.4, -0.2) is 50.2 Å². The zero-order valence-corrected chi connectivity index (χ0v) is 14.7. The Balaban J connectivity index is 3.22. The standard InChI is InChI=1S/C17H25FN2O3/c1-7-14(20(4,5)8-2)16(21)19-15-11(3)9-12(18)10-13(15)17(22)23-6/h9-10,14H,7-8H2,1-6H3/p+1. The maximum Gasteiger partial charge on any atom is 0.340 e. The van der Waals surface area contributed by atoms with Gasteiger partial charge in [-0.3, -0.25) is 4.79 Å². The van der Waals surface area contributed by atoms with Crippen LogP contribution in [0.1, 0.15) is 36.2 Å². The summed E-state index contributed by atoms with van der Waals surface area (Å²) in [6.45, 7) is 6.39. The molecule has 1 aromatic rings. The van der Waals surface area contributed by atoms with Gasteiger partial charge in [0.25, 0.3) is 5.91 Å². The highest BCUT2D eigenvalue weighted by Gasteiger charge is 2.33. The highest BCUT2D eigenvalue weighted by Crippen LogP contribution is 2.24. The van der Waals surface area contributed by atoms with Crippen molar-refractivity contribution in [1.29, 1.82) is 0 Å². The fourth-order valence-electron chi connectivity index (χ4n) is 2.60. The number of benzene rings is 1. The van der Waals surface area contributed by atoms with Gasteiger partial charge >= 0.3 is 5.97 Å². The molecule has 0 aliphatic rings. The average molecular weight is 325 g/mol. The van der Waals surface area contributed by atoms with Gasteiger partial charge in [-0.1, -0.05) is 6.92 Å². The molecule has 1 unspecified atom stereocenters. The van der Waals surface area contributed by atoms with Crippen LogP contribution in [0.15, 0.2) is 12.1 Å². The summed E-state index contributed by atoms with van der Waals surface area (Å²) < 4.78 is 18.8. The molecule has 128 valence electrons. The molecule has 23 heavy (non-hydrogen) atoms. The van der Waals surface area contributed by atoms with Crippen LogP contribution in [-0.2, 0) is 9.53 Å². The lowest BCUT2D eigenvalue weighted by Gasteiger charge is -2.35. The molecule has 0 fully saturated rings. The Labute approximate surface area is 137 Å². The van der Waals surface area contributed by atoms with Crippen molar-refractivity contribution in [2.24, 2.45) is 0 Å². The molecule has 6 heteroatoms. The first-order valence-corrected chi connectivity index (χ1v) is 7.69. The number of quaternary nitrogens is 1. The summed E-state index contributed by atoms with van der Waals surface area (Å²) in [5, 5.41) is 2.79. The number of carbonyl (C=O) groups is 2. The summed E-state index contributed by atoms with van der Waals surface area (Å²) >= 11 is 0. The number of anilines is 1. The predicted octanol–water partition coefficient (Wildman–Crippen LogP) is 2.73. The molecule has 0 bridgehead atoms. The van der Waals surface area contributed by atoms with E-state index in [1.54, 1.807) is 6.92 Å². The van der Waals surface area contributed by atoms with Gasteiger partial charge in [0.05, 0.1) is 39.0 Å². The second-order valence-corrected chi connectivity index (χ2v) is 6.14. The normalized spacial score (nSPS) is 12.7. The molecule has 5 nitrogen and oxygen atoms in total. The average Bonchev–Trinajstić information content (AvgIpc) is 2.49. The lowest BCUT2D eigenvalue weighted by Crippen LogP contribution is -2.54. The number of rotatable bonds is 6. The maximum atomic E-state index is 13.6. The van der Waals surface area contributed by atoms with E-state index in [1.807, 2.05) is 27.9 Å². The zero-order valence-electron chi connectivity index (χ0n) is 14.7. The van der Waals surface area contributed by atoms with E-state index >= 15 is 0 Å². The van der Waals surface area contributed by atoms with E-state index in [2.05, 4.69) is 10.1 Å². The predicted molar refractivity (Wildman–Crippen MR) is 87.8 cm³/mol. The van der Waals surface area contributed by atoms with Crippen LogP contribution in [0.4, 0.5) is 10.1 Å². The van der Waals surface area contributed by atoms with Crippen LogP contribution in [0.25, 0.3) is 0 Å². The summed E-state index contributed by atoms with van der Waals surface area (Å²) in [5.41, 5.74) is 0.809. The van der Waals surface area contributed by atoms with Crippen molar-refractivity contribution in [1.82, 2.24) is 0 Å². The first kappa shape index (κ1) is 19.1. The van der Waals surface area contributed by atoms with Crippen molar-refractivity contribution in [2.75, 3.05) is 33.1 Å². The van der Waals surface area contributed by atoms with E-state index < -0.39 is 11.8 Å². The molecule has 0 radical (unpaired) electrons. The molecule has 1 rings (SSSR count). The zero-order chi connectivity index (χ0) is 17.8. The minimum absolute atomic E-state index is 0.0232. The summed E-state index contributed by atoms with van der Waals surface area (Å²) in [4.78, 5) is 24.5. The third-order valence-corrected chi connectivity index (χ3v) is 4.30. The largest absolute Gasteiger partial charge is 0.465 e. The number of esters is 1. The third kappa shape index (κ3) is 4.28. The van der Waals surface area contributed by atoms with Gasteiger partial charge in [0.2, 0.25) is 0 Å². The molecule has 0 spiro atoms. The van der Waals surface area contributed by atoms with Crippen LogP contribution in [0, 0.1) is 12.7 Å². The summed E-state index contributed by atoms with van der Waals surface area (Å²) in [7, 11) is 5.18. The number of likely N-dealkylation sites (N-methyl/N-ethyl adjacent to an activating group) is 1. The van der Waals surface area contributed by atoms with E-state index in [9.17, 15) is 14.0 Å². The van der Waals surface area contributed by atoms with Crippen molar-refractivity contribution in [3.63, 3.8) is 0 Å². The second kappa shape index (κ2) is 7.55. The molecule has 0 aliphatic heterocycles. The number of methoxy groups -OCH3 is 1. The molecular weight excluding hydrogens is 299 g/mol. The Bertz CT molecular complexity index is 600. The van der Waals surface area contributed by atoms with Gasteiger partial charge in [-0.2, -0.15) is 0 Å². The number of aryl methyl sites for hydroxylation is 1. The monoisotopic (exact) mass is 325 g/mol. The highest BCUT2D eigenvalue weighted by atomic mass is 19.1. The van der Waals surface area contributed by atoms with Crippen molar-refractivity contribution in [3.8, 4) is 0 Å². The molecule has 1 amide bonds. The van der Waals surface area contributed by atoms with Crippen LogP contribution in [0.2, 0.25) is 0 Å². The van der Waals surface area contributed by atoms with Gasteiger partial charge in [0, 0.05) is 6.42 Å². The molecule has 0 saturated heterocycles. The molecule has 0 heterocycles. The van der Waals surface area contributed by atoms with Gasteiger partial charge < -0.3 is 14.5 Å². The second-order valence-electron chi connectivity index (χ2n) is 6.14. The van der Waals surface area contributed by atoms with Gasteiger partial charge in [-0.25, -0.2) is 9.18 Å². The van der Waals surface area contributed by atoms with E-state index in [4.69, 9.17) is 0 Å². The van der Waals surface area contributed by atoms with Crippen LogP contribution >= 0.6 is 0 Å². The van der Waals surface area contributed by atoms with Crippen molar-refractivity contribution in [3.05, 3.63) is 29.1 Å². The number of halogens is 1. The fraction of sp³-hybridized carbons (Fsp3) is 0.529. The number of carbonyl (C=O) groups excluding carboxylic acids is 2. The number of hydrogen-bond donors (Lipinski definition) is 1. The molecule has 0 saturated carbocycles. The van der Waals surface area contributed by atoms with Crippen LogP contribution in [0.5, 0.6) is 0 Å². The van der Waals surface area contributed by atoms with Crippen molar-refractivity contribution >= 4 is 17.6 Å². The molecule has 1 atom stereocenters. The number of amides is 1. The van der Waals surface area contributed by atoms with Crippen molar-refractivity contribution < 1.29 is 23.2 Å². The topological polar surface area (TPSA) is 55.4 Å². The number of ether oxygens (including phenoxy) is 1. The number of nitrogens with one attached hydrogen (secondary N) is 1. The summed E-state index contributed by atoms with van der Waals surface area (Å²) in [5.74, 6) is -1.42. The quantitative estimate of drug-likeness (QED) is 0.646. The van der Waals surface area contributed by atoms with E-state index in [1.165, 1.54) is 13.2 Å². The van der Waals surface area contributed by atoms with Crippen LogP contribution in [0.3, 0.4) is 0 Å². The Kier molecular flexibility index (Phi) is 6.27. The van der Waals surface area contributed by atoms with Gasteiger partial charge in [-0.05, 0) is 31.5 Å². The Morgan fingerprint density at radius 1 is 1.30 bits per heavy atom. The maximum absolute atomic E-state index is 13.6. The third-order valence-electron chi connectivity index (χ3n) is 4.30. The van der Waals surface area contributed by atoms with Gasteiger partial charge in [0.15, 0.2) is 6.04 Å². The first-order chi connectivity index (χ1) is 10.7. The molecule has 0 aromatic heterocycles. The van der Waals surface area contributed by atoms with Crippen LogP contribution < -0.4 is 5.32 Å². The minimum atomic E-state index is -0.680. The number of hydrogen-bond acceptors (Lipinski definition) is 3. The van der Waals surface area contributed by atoms with E-state index in [-0.39, 0.29) is 17.5 Å². The summed E-state index contributed by atoms with van der Waals surface area (Å²) in [6.07, 6.45) is 0.653. The Morgan fingerprint density at radius 3 is 2.39 bits per heavy atom. The molecule has 0 aliphatic carbocycles. The number of nitrogens with zero attached hydrogens (tertiary/aromatic N) is 1. The lowest BCUT2D eigenvalue weighted by molar-refractivity contribution is -0.904. The van der Waals surface area contributed by atoms with Crippen molar-refractivity contribution in [2.45, 2.75) is 33.2 Å². The lowest BCUT2D eigenvalue weighted by atomic mass is 10.1. The van der Waals surface area contributed by atoms with Gasteiger partial charge in [-0.15, -0.1) is 0 Å². The summed E-state index contributed by atoms with van der Waals surface area (Å²) in [6, 6.07) is 2.09. The highest BCUT2D eigenvalue weighted by molar-refractivity contribution is 6.03.